The normalized spacial score (nSPS) is 10.3. The molecule has 0 fully saturated rings. The number of anilines is 2. The number of carbonyl (C=O) groups excluding carboxylic acids is 1. The predicted octanol–water partition coefficient (Wildman–Crippen LogP) is 1.34. The van der Waals surface area contributed by atoms with E-state index in [0.717, 1.165) is 0 Å². The molecule has 2 aromatic heterocycles. The highest BCUT2D eigenvalue weighted by molar-refractivity contribution is 6.06. The third kappa shape index (κ3) is 2.29. The summed E-state index contributed by atoms with van der Waals surface area (Å²) in [5, 5.41) is 8.92. The van der Waals surface area contributed by atoms with Crippen LogP contribution in [-0.2, 0) is 6.42 Å². The third-order valence-electron chi connectivity index (χ3n) is 2.41. The summed E-state index contributed by atoms with van der Waals surface area (Å²) >= 11 is 0. The molecular weight excluding hydrogens is 237 g/mol. The smallest absolute Gasteiger partial charge is 0.279 e. The Balaban J connectivity index is 2.19. The van der Waals surface area contributed by atoms with Crippen LogP contribution in [0.4, 0.5) is 15.9 Å². The molecule has 0 saturated heterocycles. The van der Waals surface area contributed by atoms with Gasteiger partial charge in [-0.1, -0.05) is 13.0 Å². The molecule has 18 heavy (non-hydrogen) atoms. The summed E-state index contributed by atoms with van der Waals surface area (Å²) < 4.78 is 12.8. The second-order valence-corrected chi connectivity index (χ2v) is 3.62. The lowest BCUT2D eigenvalue weighted by Gasteiger charge is -2.02. The van der Waals surface area contributed by atoms with Crippen molar-refractivity contribution in [1.29, 1.82) is 0 Å². The lowest BCUT2D eigenvalue weighted by atomic mass is 10.2. The van der Waals surface area contributed by atoms with Gasteiger partial charge in [-0.25, -0.2) is 4.98 Å². The molecule has 2 aromatic rings. The largest absolute Gasteiger partial charge is 0.395 e. The van der Waals surface area contributed by atoms with Gasteiger partial charge in [-0.15, -0.1) is 0 Å². The zero-order chi connectivity index (χ0) is 13.1. The second kappa shape index (κ2) is 4.82. The number of rotatable bonds is 3. The average Bonchev–Trinajstić information content (AvgIpc) is 2.70. The first-order valence-corrected chi connectivity index (χ1v) is 5.38. The number of aromatic amines is 1. The van der Waals surface area contributed by atoms with E-state index in [0.29, 0.717) is 17.8 Å². The lowest BCUT2D eigenvalue weighted by Crippen LogP contribution is -2.15. The van der Waals surface area contributed by atoms with Gasteiger partial charge in [-0.05, 0) is 18.6 Å². The van der Waals surface area contributed by atoms with Crippen molar-refractivity contribution in [3.63, 3.8) is 0 Å². The van der Waals surface area contributed by atoms with Crippen molar-refractivity contribution in [3.05, 3.63) is 35.5 Å². The van der Waals surface area contributed by atoms with Gasteiger partial charge >= 0.3 is 0 Å². The van der Waals surface area contributed by atoms with E-state index in [2.05, 4.69) is 20.5 Å². The van der Waals surface area contributed by atoms with E-state index in [9.17, 15) is 9.18 Å². The third-order valence-corrected chi connectivity index (χ3v) is 2.41. The van der Waals surface area contributed by atoms with Gasteiger partial charge in [0, 0.05) is 0 Å². The van der Waals surface area contributed by atoms with Crippen LogP contribution in [0.3, 0.4) is 0 Å². The molecule has 0 unspecified atom stereocenters. The summed E-state index contributed by atoms with van der Waals surface area (Å²) in [5.41, 5.74) is 6.82. The highest BCUT2D eigenvalue weighted by Crippen LogP contribution is 2.15. The SMILES string of the molecule is CCc1[nH]nc(C(=O)Nc2cccc(F)n2)c1N. The molecule has 0 atom stereocenters. The second-order valence-electron chi connectivity index (χ2n) is 3.62. The van der Waals surface area contributed by atoms with Crippen LogP contribution in [0.25, 0.3) is 0 Å². The number of amides is 1. The summed E-state index contributed by atoms with van der Waals surface area (Å²) in [7, 11) is 0. The number of carbonyl (C=O) groups is 1. The number of hydrogen-bond donors (Lipinski definition) is 3. The Kier molecular flexibility index (Phi) is 3.22. The van der Waals surface area contributed by atoms with E-state index in [1.165, 1.54) is 18.2 Å². The Morgan fingerprint density at radius 3 is 2.94 bits per heavy atom. The number of pyridine rings is 1. The van der Waals surface area contributed by atoms with Crippen molar-refractivity contribution in [2.45, 2.75) is 13.3 Å². The van der Waals surface area contributed by atoms with E-state index in [-0.39, 0.29) is 11.5 Å². The molecule has 4 N–H and O–H groups in total. The van der Waals surface area contributed by atoms with Crippen molar-refractivity contribution >= 4 is 17.4 Å². The first kappa shape index (κ1) is 12.0. The minimum absolute atomic E-state index is 0.0814. The van der Waals surface area contributed by atoms with Crippen molar-refractivity contribution in [1.82, 2.24) is 15.2 Å². The average molecular weight is 249 g/mol. The van der Waals surface area contributed by atoms with E-state index in [4.69, 9.17) is 5.73 Å². The van der Waals surface area contributed by atoms with E-state index < -0.39 is 11.9 Å². The number of aromatic nitrogens is 3. The Morgan fingerprint density at radius 1 is 1.56 bits per heavy atom. The summed E-state index contributed by atoms with van der Waals surface area (Å²) in [6, 6.07) is 4.11. The van der Waals surface area contributed by atoms with Crippen LogP contribution in [0.15, 0.2) is 18.2 Å². The van der Waals surface area contributed by atoms with Crippen molar-refractivity contribution in [2.24, 2.45) is 0 Å². The standard InChI is InChI=1S/C11H12FN5O/c1-2-6-9(13)10(17-16-6)11(18)15-8-5-3-4-7(12)14-8/h3-5H,2,13H2,1H3,(H,16,17)(H,14,15,18). The molecule has 0 saturated carbocycles. The van der Waals surface area contributed by atoms with Crippen molar-refractivity contribution < 1.29 is 9.18 Å². The zero-order valence-corrected chi connectivity index (χ0v) is 9.70. The molecule has 0 aromatic carbocycles. The van der Waals surface area contributed by atoms with Gasteiger partial charge in [0.25, 0.3) is 5.91 Å². The molecule has 2 heterocycles. The summed E-state index contributed by atoms with van der Waals surface area (Å²) in [4.78, 5) is 15.4. The van der Waals surface area contributed by atoms with Crippen molar-refractivity contribution in [2.75, 3.05) is 11.1 Å². The first-order chi connectivity index (χ1) is 8.61. The minimum Gasteiger partial charge on any atom is -0.395 e. The highest BCUT2D eigenvalue weighted by Gasteiger charge is 2.16. The fourth-order valence-corrected chi connectivity index (χ4v) is 1.48. The molecule has 0 bridgehead atoms. The van der Waals surface area contributed by atoms with Crippen LogP contribution in [0.5, 0.6) is 0 Å². The number of hydrogen-bond acceptors (Lipinski definition) is 4. The Bertz CT molecular complexity index is 581. The van der Waals surface area contributed by atoms with E-state index in [1.54, 1.807) is 0 Å². The van der Waals surface area contributed by atoms with Gasteiger partial charge in [0.1, 0.15) is 5.82 Å². The maximum Gasteiger partial charge on any atom is 0.279 e. The number of nitrogen functional groups attached to an aromatic ring is 1. The fraction of sp³-hybridized carbons (Fsp3) is 0.182. The molecule has 7 heteroatoms. The molecular formula is C11H12FN5O. The van der Waals surface area contributed by atoms with Crippen LogP contribution >= 0.6 is 0 Å². The van der Waals surface area contributed by atoms with Gasteiger partial charge < -0.3 is 11.1 Å². The number of aryl methyl sites for hydroxylation is 1. The molecule has 0 aliphatic carbocycles. The van der Waals surface area contributed by atoms with Gasteiger partial charge in [0.05, 0.1) is 11.4 Å². The van der Waals surface area contributed by atoms with E-state index >= 15 is 0 Å². The van der Waals surface area contributed by atoms with Gasteiger partial charge in [0.2, 0.25) is 5.95 Å². The highest BCUT2D eigenvalue weighted by atomic mass is 19.1. The Morgan fingerprint density at radius 2 is 2.33 bits per heavy atom. The quantitative estimate of drug-likeness (QED) is 0.715. The molecule has 2 rings (SSSR count). The van der Waals surface area contributed by atoms with E-state index in [1.807, 2.05) is 6.92 Å². The molecule has 0 radical (unpaired) electrons. The van der Waals surface area contributed by atoms with Crippen molar-refractivity contribution in [3.8, 4) is 0 Å². The van der Waals surface area contributed by atoms with Gasteiger partial charge in [-0.3, -0.25) is 9.89 Å². The lowest BCUT2D eigenvalue weighted by molar-refractivity contribution is 0.102. The van der Waals surface area contributed by atoms with Gasteiger partial charge in [-0.2, -0.15) is 9.49 Å². The predicted molar refractivity (Wildman–Crippen MR) is 64.5 cm³/mol. The summed E-state index contributed by atoms with van der Waals surface area (Å²) in [6.45, 7) is 1.89. The van der Waals surface area contributed by atoms with Crippen LogP contribution in [-0.4, -0.2) is 21.1 Å². The number of nitrogens with two attached hydrogens (primary N) is 1. The number of H-pyrrole nitrogens is 1. The van der Waals surface area contributed by atoms with Crippen LogP contribution < -0.4 is 11.1 Å². The Hall–Kier alpha value is -2.44. The molecule has 6 nitrogen and oxygen atoms in total. The minimum atomic E-state index is -0.669. The molecule has 1 amide bonds. The molecule has 0 spiro atoms. The Labute approximate surface area is 102 Å². The maximum absolute atomic E-state index is 12.8. The summed E-state index contributed by atoms with van der Waals surface area (Å²) in [6.07, 6.45) is 0.643. The van der Waals surface area contributed by atoms with Gasteiger partial charge in [0.15, 0.2) is 5.69 Å². The first-order valence-electron chi connectivity index (χ1n) is 5.38. The fourth-order valence-electron chi connectivity index (χ4n) is 1.48. The number of nitrogens with zero attached hydrogens (tertiary/aromatic N) is 2. The number of nitrogens with one attached hydrogen (secondary N) is 2. The molecule has 94 valence electrons. The molecule has 0 aliphatic heterocycles. The van der Waals surface area contributed by atoms with Crippen LogP contribution in [0.2, 0.25) is 0 Å². The monoisotopic (exact) mass is 249 g/mol. The molecule has 0 aliphatic rings. The summed E-state index contributed by atoms with van der Waals surface area (Å²) in [5.74, 6) is -1.08. The number of halogens is 1. The van der Waals surface area contributed by atoms with Crippen LogP contribution in [0.1, 0.15) is 23.1 Å². The zero-order valence-electron chi connectivity index (χ0n) is 9.70. The maximum atomic E-state index is 12.8. The van der Waals surface area contributed by atoms with Crippen LogP contribution in [0, 0.1) is 5.95 Å². The topological polar surface area (TPSA) is 96.7 Å².